The second kappa shape index (κ2) is 63.4. The Bertz CT molecular complexity index is 1930. The van der Waals surface area contributed by atoms with Crippen LogP contribution in [-0.2, 0) is 32.7 Å². The first-order chi connectivity index (χ1) is 41.0. The lowest BCUT2D eigenvalue weighted by Crippen LogP contribution is -2.37. The topological polar surface area (TPSA) is 111 Å². The summed E-state index contributed by atoms with van der Waals surface area (Å²) in [6, 6.07) is 0. The van der Waals surface area contributed by atoms with Gasteiger partial charge in [0.2, 0.25) is 0 Å². The zero-order valence-corrected chi connectivity index (χ0v) is 55.2. The highest BCUT2D eigenvalue weighted by atomic mass is 31.2. The van der Waals surface area contributed by atoms with Crippen LogP contribution in [0.3, 0.4) is 0 Å². The number of hydrogen-bond acceptors (Lipinski definition) is 8. The van der Waals surface area contributed by atoms with Crippen molar-refractivity contribution in [3.63, 3.8) is 0 Å². The Morgan fingerprint density at radius 3 is 1.01 bits per heavy atom. The van der Waals surface area contributed by atoms with Crippen LogP contribution < -0.4 is 4.89 Å². The molecule has 9 nitrogen and oxygen atoms in total. The highest BCUT2D eigenvalue weighted by Crippen LogP contribution is 2.38. The van der Waals surface area contributed by atoms with Crippen LogP contribution in [-0.4, -0.2) is 70.0 Å². The molecule has 0 aromatic carbocycles. The van der Waals surface area contributed by atoms with Crippen molar-refractivity contribution in [2.24, 2.45) is 0 Å². The standard InChI is InChI=1S/C74H124NO8P/c1-6-8-10-12-14-16-18-20-22-24-26-28-29-30-31-32-33-34-35-36-37-38-39-40-41-42-43-44-45-47-49-51-53-55-57-59-61-63-65-67-74(77)83-72(71-82-84(78,79)81-69-68-75(3,4)5)70-80-73(76)66-64-62-60-58-56-54-52-50-48-46-27-25-23-21-19-17-15-13-11-9-7-2/h8,10,14,16,19-22,25-28,30-31,33-34,36-37,39-40,42-43,48,50,72H,6-7,9,11-13,15,17-18,23-24,29,32,35,38,41,44-47,49,51-71H2,1-5H3/b10-8-,16-14-,21-19-,22-20-,27-25-,28-26-,31-30-,34-33-,37-36-,40-39-,43-42-,50-48-. The van der Waals surface area contributed by atoms with Crippen molar-refractivity contribution in [1.82, 2.24) is 0 Å². The molecule has 0 fully saturated rings. The summed E-state index contributed by atoms with van der Waals surface area (Å²) in [5.41, 5.74) is 0. The molecule has 0 saturated heterocycles. The molecule has 0 saturated carbocycles. The van der Waals surface area contributed by atoms with E-state index in [1.165, 1.54) is 83.5 Å². The normalized spacial score (nSPS) is 14.1. The predicted molar refractivity (Wildman–Crippen MR) is 360 cm³/mol. The number of allylic oxidation sites excluding steroid dienone is 24. The van der Waals surface area contributed by atoms with Crippen molar-refractivity contribution in [3.8, 4) is 0 Å². The molecule has 0 aromatic heterocycles. The molecule has 0 spiro atoms. The summed E-state index contributed by atoms with van der Waals surface area (Å²) in [6.07, 6.45) is 93.4. The Kier molecular flexibility index (Phi) is 60.3. The number of hydrogen-bond donors (Lipinski definition) is 0. The van der Waals surface area contributed by atoms with E-state index in [1.54, 1.807) is 0 Å². The Morgan fingerprint density at radius 1 is 0.381 bits per heavy atom. The third-order valence-electron chi connectivity index (χ3n) is 13.8. The van der Waals surface area contributed by atoms with Crippen LogP contribution >= 0.6 is 7.82 Å². The van der Waals surface area contributed by atoms with Gasteiger partial charge in [0.05, 0.1) is 27.7 Å². The maximum absolute atomic E-state index is 12.8. The lowest BCUT2D eigenvalue weighted by molar-refractivity contribution is -0.870. The maximum atomic E-state index is 12.8. The summed E-state index contributed by atoms with van der Waals surface area (Å²) in [7, 11) is 1.14. The smallest absolute Gasteiger partial charge is 0.306 e. The van der Waals surface area contributed by atoms with E-state index in [2.05, 4.69) is 160 Å². The first kappa shape index (κ1) is 79.9. The molecule has 0 aliphatic carbocycles. The monoisotopic (exact) mass is 1190 g/mol. The summed E-state index contributed by atoms with van der Waals surface area (Å²) >= 11 is 0. The fourth-order valence-corrected chi connectivity index (χ4v) is 9.44. The second-order valence-electron chi connectivity index (χ2n) is 23.1. The molecule has 0 radical (unpaired) electrons. The third-order valence-corrected chi connectivity index (χ3v) is 14.8. The zero-order chi connectivity index (χ0) is 61.2. The van der Waals surface area contributed by atoms with Crippen LogP contribution in [0.1, 0.15) is 258 Å². The van der Waals surface area contributed by atoms with Crippen molar-refractivity contribution in [2.75, 3.05) is 47.5 Å². The van der Waals surface area contributed by atoms with E-state index in [-0.39, 0.29) is 26.1 Å². The van der Waals surface area contributed by atoms with Gasteiger partial charge < -0.3 is 27.9 Å². The van der Waals surface area contributed by atoms with Crippen LogP contribution in [0.2, 0.25) is 0 Å². The quantitative estimate of drug-likeness (QED) is 0.0195. The molecule has 478 valence electrons. The van der Waals surface area contributed by atoms with Crippen LogP contribution in [0.25, 0.3) is 0 Å². The van der Waals surface area contributed by atoms with Gasteiger partial charge in [0.25, 0.3) is 7.82 Å². The largest absolute Gasteiger partial charge is 0.756 e. The number of rotatable bonds is 60. The summed E-state index contributed by atoms with van der Waals surface area (Å²) in [5, 5.41) is 0. The molecular weight excluding hydrogens is 1060 g/mol. The van der Waals surface area contributed by atoms with Crippen LogP contribution in [0.15, 0.2) is 146 Å². The van der Waals surface area contributed by atoms with Gasteiger partial charge in [-0.1, -0.05) is 269 Å². The summed E-state index contributed by atoms with van der Waals surface area (Å²) in [5.74, 6) is -0.857. The molecule has 2 unspecified atom stereocenters. The van der Waals surface area contributed by atoms with Crippen molar-refractivity contribution in [2.45, 2.75) is 264 Å². The van der Waals surface area contributed by atoms with E-state index in [1.807, 2.05) is 21.1 Å². The number of phosphoric ester groups is 1. The molecule has 0 heterocycles. The van der Waals surface area contributed by atoms with Crippen LogP contribution in [0.5, 0.6) is 0 Å². The minimum Gasteiger partial charge on any atom is -0.756 e. The Balaban J connectivity index is 4.12. The predicted octanol–water partition coefficient (Wildman–Crippen LogP) is 21.2. The molecule has 0 aliphatic rings. The van der Waals surface area contributed by atoms with E-state index in [0.29, 0.717) is 23.9 Å². The average molecular weight is 1190 g/mol. The molecule has 0 bridgehead atoms. The SMILES string of the molecule is CC/C=C\C/C=C\C/C=C\C/C=C\C/C=C\C/C=C\C/C=C\C/C=C\C/C=C\CCCCCCCCCCCCCC(=O)OC(COC(=O)CCCCCCCC/C=C\C/C=C\C/C=C\CCCCCCC)COP(=O)([O-])OCC[N+](C)(C)C. The number of carbonyl (C=O) groups excluding carboxylic acids is 2. The first-order valence-corrected chi connectivity index (χ1v) is 35.0. The molecule has 2 atom stereocenters. The molecule has 84 heavy (non-hydrogen) atoms. The van der Waals surface area contributed by atoms with Gasteiger partial charge in [-0.25, -0.2) is 0 Å². The number of phosphoric acid groups is 1. The molecule has 0 N–H and O–H groups in total. The van der Waals surface area contributed by atoms with Gasteiger partial charge in [0, 0.05) is 12.8 Å². The number of nitrogens with zero attached hydrogens (tertiary/aromatic N) is 1. The average Bonchev–Trinajstić information content (AvgIpc) is 3.61. The molecule has 0 aliphatic heterocycles. The molecule has 10 heteroatoms. The highest BCUT2D eigenvalue weighted by molar-refractivity contribution is 7.45. The fraction of sp³-hybridized carbons (Fsp3) is 0.649. The van der Waals surface area contributed by atoms with Crippen LogP contribution in [0.4, 0.5) is 0 Å². The zero-order valence-electron chi connectivity index (χ0n) is 54.3. The van der Waals surface area contributed by atoms with Crippen LogP contribution in [0, 0.1) is 0 Å². The van der Waals surface area contributed by atoms with E-state index >= 15 is 0 Å². The third kappa shape index (κ3) is 67.0. The molecule has 0 amide bonds. The van der Waals surface area contributed by atoms with E-state index < -0.39 is 32.5 Å². The highest BCUT2D eigenvalue weighted by Gasteiger charge is 2.22. The Morgan fingerprint density at radius 2 is 0.679 bits per heavy atom. The number of carbonyl (C=O) groups is 2. The second-order valence-corrected chi connectivity index (χ2v) is 24.5. The van der Waals surface area contributed by atoms with E-state index in [0.717, 1.165) is 135 Å². The van der Waals surface area contributed by atoms with E-state index in [4.69, 9.17) is 18.5 Å². The summed E-state index contributed by atoms with van der Waals surface area (Å²) < 4.78 is 34.2. The van der Waals surface area contributed by atoms with Gasteiger partial charge in [-0.2, -0.15) is 0 Å². The Labute approximate surface area is 516 Å². The molecular formula is C74H124NO8P. The van der Waals surface area contributed by atoms with Gasteiger partial charge >= 0.3 is 11.9 Å². The van der Waals surface area contributed by atoms with Gasteiger partial charge in [-0.3, -0.25) is 14.2 Å². The number of quaternary nitrogens is 1. The van der Waals surface area contributed by atoms with Gasteiger partial charge in [0.15, 0.2) is 6.10 Å². The number of likely N-dealkylation sites (N-methyl/N-ethyl adjacent to an activating group) is 1. The van der Waals surface area contributed by atoms with E-state index in [9.17, 15) is 19.0 Å². The lowest BCUT2D eigenvalue weighted by Gasteiger charge is -2.28. The lowest BCUT2D eigenvalue weighted by atomic mass is 10.0. The summed E-state index contributed by atoms with van der Waals surface area (Å²) in [6.45, 7) is 4.09. The minimum absolute atomic E-state index is 0.0405. The minimum atomic E-state index is -4.65. The number of unbranched alkanes of at least 4 members (excludes halogenated alkanes) is 22. The van der Waals surface area contributed by atoms with Crippen molar-refractivity contribution in [1.29, 1.82) is 0 Å². The number of esters is 2. The van der Waals surface area contributed by atoms with Gasteiger partial charge in [0.1, 0.15) is 19.8 Å². The van der Waals surface area contributed by atoms with Crippen molar-refractivity contribution in [3.05, 3.63) is 146 Å². The van der Waals surface area contributed by atoms with Gasteiger partial charge in [-0.05, 0) is 122 Å². The fourth-order valence-electron chi connectivity index (χ4n) is 8.71. The number of ether oxygens (including phenoxy) is 2. The molecule has 0 rings (SSSR count). The van der Waals surface area contributed by atoms with Crippen molar-refractivity contribution >= 4 is 19.8 Å². The maximum Gasteiger partial charge on any atom is 0.306 e. The summed E-state index contributed by atoms with van der Waals surface area (Å²) in [4.78, 5) is 38.0. The van der Waals surface area contributed by atoms with Gasteiger partial charge in [-0.15, -0.1) is 0 Å². The first-order valence-electron chi connectivity index (χ1n) is 33.5. The Hall–Kier alpha value is -4.11. The molecule has 0 aromatic rings. The van der Waals surface area contributed by atoms with Crippen molar-refractivity contribution < 1.29 is 42.1 Å².